The molecule has 1 aromatic rings. The summed E-state index contributed by atoms with van der Waals surface area (Å²) >= 11 is 3.21. The molecular weight excluding hydrogens is 365 g/mol. The Labute approximate surface area is 143 Å². The van der Waals surface area contributed by atoms with Gasteiger partial charge in [0.2, 0.25) is 5.91 Å². The molecule has 23 heavy (non-hydrogen) atoms. The van der Waals surface area contributed by atoms with Gasteiger partial charge in [0, 0.05) is 29.5 Å². The van der Waals surface area contributed by atoms with E-state index >= 15 is 0 Å². The molecule has 2 rings (SSSR count). The van der Waals surface area contributed by atoms with Crippen molar-refractivity contribution in [2.45, 2.75) is 38.3 Å². The number of benzene rings is 1. The van der Waals surface area contributed by atoms with Crippen molar-refractivity contribution in [1.82, 2.24) is 16.0 Å². The lowest BCUT2D eigenvalue weighted by Crippen LogP contribution is -2.52. The molecule has 0 spiro atoms. The number of rotatable bonds is 5. The second kappa shape index (κ2) is 8.40. The SMILES string of the molecule is CC1NCCCC1NC(=O)CCNC(=O)c1cc(F)ccc1Br. The molecule has 2 unspecified atom stereocenters. The average Bonchev–Trinajstić information content (AvgIpc) is 2.52. The quantitative estimate of drug-likeness (QED) is 0.725. The van der Waals surface area contributed by atoms with Crippen LogP contribution in [-0.4, -0.2) is 37.0 Å². The highest BCUT2D eigenvalue weighted by Gasteiger charge is 2.22. The highest BCUT2D eigenvalue weighted by Crippen LogP contribution is 2.17. The highest BCUT2D eigenvalue weighted by atomic mass is 79.9. The highest BCUT2D eigenvalue weighted by molar-refractivity contribution is 9.10. The van der Waals surface area contributed by atoms with Crippen molar-refractivity contribution < 1.29 is 14.0 Å². The van der Waals surface area contributed by atoms with Crippen LogP contribution < -0.4 is 16.0 Å². The summed E-state index contributed by atoms with van der Waals surface area (Å²) in [5.41, 5.74) is 0.218. The normalized spacial score (nSPS) is 20.8. The van der Waals surface area contributed by atoms with Gasteiger partial charge in [-0.3, -0.25) is 9.59 Å². The Morgan fingerprint density at radius 1 is 1.43 bits per heavy atom. The third kappa shape index (κ3) is 5.28. The van der Waals surface area contributed by atoms with E-state index in [1.54, 1.807) is 0 Å². The minimum absolute atomic E-state index is 0.0934. The van der Waals surface area contributed by atoms with Gasteiger partial charge in [0.05, 0.1) is 5.56 Å². The van der Waals surface area contributed by atoms with Crippen LogP contribution in [0, 0.1) is 5.82 Å². The molecule has 1 aliphatic heterocycles. The molecule has 0 aliphatic carbocycles. The number of carbonyl (C=O) groups excluding carboxylic acids is 2. The third-order valence-electron chi connectivity index (χ3n) is 3.92. The van der Waals surface area contributed by atoms with Crippen LogP contribution in [0.3, 0.4) is 0 Å². The number of piperidine rings is 1. The molecule has 1 saturated heterocycles. The summed E-state index contributed by atoms with van der Waals surface area (Å²) in [6.45, 7) is 3.24. The van der Waals surface area contributed by atoms with Crippen molar-refractivity contribution in [2.75, 3.05) is 13.1 Å². The molecule has 126 valence electrons. The molecule has 0 aromatic heterocycles. The monoisotopic (exact) mass is 385 g/mol. The van der Waals surface area contributed by atoms with E-state index in [4.69, 9.17) is 0 Å². The van der Waals surface area contributed by atoms with E-state index in [-0.39, 0.29) is 36.5 Å². The molecule has 5 nitrogen and oxygen atoms in total. The molecule has 7 heteroatoms. The Hall–Kier alpha value is -1.47. The summed E-state index contributed by atoms with van der Waals surface area (Å²) < 4.78 is 13.7. The lowest BCUT2D eigenvalue weighted by atomic mass is 10.00. The predicted molar refractivity (Wildman–Crippen MR) is 89.7 cm³/mol. The van der Waals surface area contributed by atoms with E-state index < -0.39 is 11.7 Å². The summed E-state index contributed by atoms with van der Waals surface area (Å²) in [6, 6.07) is 4.30. The van der Waals surface area contributed by atoms with E-state index in [0.29, 0.717) is 4.47 Å². The van der Waals surface area contributed by atoms with Crippen molar-refractivity contribution >= 4 is 27.7 Å². The Morgan fingerprint density at radius 2 is 2.22 bits per heavy atom. The summed E-state index contributed by atoms with van der Waals surface area (Å²) in [5.74, 6) is -0.976. The fourth-order valence-corrected chi connectivity index (χ4v) is 3.00. The van der Waals surface area contributed by atoms with Crippen LogP contribution in [0.4, 0.5) is 4.39 Å². The van der Waals surface area contributed by atoms with Gasteiger partial charge in [-0.25, -0.2) is 4.39 Å². The van der Waals surface area contributed by atoms with Gasteiger partial charge in [0.25, 0.3) is 5.91 Å². The Morgan fingerprint density at radius 3 is 2.96 bits per heavy atom. The molecule has 1 aromatic carbocycles. The second-order valence-electron chi connectivity index (χ2n) is 5.69. The second-order valence-corrected chi connectivity index (χ2v) is 6.54. The van der Waals surface area contributed by atoms with Gasteiger partial charge >= 0.3 is 0 Å². The van der Waals surface area contributed by atoms with Gasteiger partial charge in [0.1, 0.15) is 5.82 Å². The maximum absolute atomic E-state index is 13.2. The fraction of sp³-hybridized carbons (Fsp3) is 0.500. The van der Waals surface area contributed by atoms with Crippen LogP contribution in [0.2, 0.25) is 0 Å². The summed E-state index contributed by atoms with van der Waals surface area (Å²) in [6.07, 6.45) is 2.20. The maximum atomic E-state index is 13.2. The van der Waals surface area contributed by atoms with Crippen LogP contribution in [0.25, 0.3) is 0 Å². The lowest BCUT2D eigenvalue weighted by molar-refractivity contribution is -0.122. The van der Waals surface area contributed by atoms with E-state index in [0.717, 1.165) is 25.5 Å². The zero-order chi connectivity index (χ0) is 16.8. The first-order valence-electron chi connectivity index (χ1n) is 7.73. The first-order valence-corrected chi connectivity index (χ1v) is 8.52. The average molecular weight is 386 g/mol. The van der Waals surface area contributed by atoms with E-state index in [1.165, 1.54) is 12.1 Å². The first kappa shape index (κ1) is 17.9. The van der Waals surface area contributed by atoms with Crippen molar-refractivity contribution in [3.05, 3.63) is 34.1 Å². The number of hydrogen-bond donors (Lipinski definition) is 3. The molecule has 0 bridgehead atoms. The molecule has 0 saturated carbocycles. The first-order chi connectivity index (χ1) is 11.0. The number of hydrogen-bond acceptors (Lipinski definition) is 3. The zero-order valence-electron chi connectivity index (χ0n) is 13.0. The van der Waals surface area contributed by atoms with Gasteiger partial charge < -0.3 is 16.0 Å². The smallest absolute Gasteiger partial charge is 0.252 e. The Bertz CT molecular complexity index is 582. The summed E-state index contributed by atoms with van der Waals surface area (Å²) in [4.78, 5) is 23.9. The Balaban J connectivity index is 1.76. The fourth-order valence-electron chi connectivity index (χ4n) is 2.58. The number of nitrogens with one attached hydrogen (secondary N) is 3. The molecule has 1 heterocycles. The topological polar surface area (TPSA) is 70.2 Å². The van der Waals surface area contributed by atoms with E-state index in [9.17, 15) is 14.0 Å². The van der Waals surface area contributed by atoms with Gasteiger partial charge in [0.15, 0.2) is 0 Å². The van der Waals surface area contributed by atoms with Crippen LogP contribution in [0.1, 0.15) is 36.5 Å². The number of amides is 2. The minimum atomic E-state index is -0.477. The summed E-state index contributed by atoms with van der Waals surface area (Å²) in [7, 11) is 0. The van der Waals surface area contributed by atoms with Crippen molar-refractivity contribution in [2.24, 2.45) is 0 Å². The third-order valence-corrected chi connectivity index (χ3v) is 4.61. The summed E-state index contributed by atoms with van der Waals surface area (Å²) in [5, 5.41) is 8.93. The minimum Gasteiger partial charge on any atom is -0.352 e. The molecule has 2 amide bonds. The van der Waals surface area contributed by atoms with Gasteiger partial charge in [-0.05, 0) is 60.4 Å². The molecule has 2 atom stereocenters. The van der Waals surface area contributed by atoms with Gasteiger partial charge in [-0.15, -0.1) is 0 Å². The number of halogens is 2. The zero-order valence-corrected chi connectivity index (χ0v) is 14.6. The maximum Gasteiger partial charge on any atom is 0.252 e. The molecule has 3 N–H and O–H groups in total. The van der Waals surface area contributed by atoms with E-state index in [2.05, 4.69) is 31.9 Å². The van der Waals surface area contributed by atoms with Gasteiger partial charge in [-0.2, -0.15) is 0 Å². The largest absolute Gasteiger partial charge is 0.352 e. The van der Waals surface area contributed by atoms with Crippen molar-refractivity contribution in [3.8, 4) is 0 Å². The predicted octanol–water partition coefficient (Wildman–Crippen LogP) is 1.96. The van der Waals surface area contributed by atoms with Crippen LogP contribution in [0.5, 0.6) is 0 Å². The molecule has 1 aliphatic rings. The Kier molecular flexibility index (Phi) is 6.53. The van der Waals surface area contributed by atoms with E-state index in [1.807, 2.05) is 6.92 Å². The molecule has 0 radical (unpaired) electrons. The van der Waals surface area contributed by atoms with Crippen molar-refractivity contribution in [1.29, 1.82) is 0 Å². The molecular formula is C16H21BrFN3O2. The van der Waals surface area contributed by atoms with Crippen LogP contribution in [-0.2, 0) is 4.79 Å². The standard InChI is InChI=1S/C16H21BrFN3O2/c1-10-14(3-2-7-19-10)21-15(22)6-8-20-16(23)12-9-11(18)4-5-13(12)17/h4-5,9-10,14,19H,2-3,6-8H2,1H3,(H,20,23)(H,21,22). The number of carbonyl (C=O) groups is 2. The molecule has 1 fully saturated rings. The lowest BCUT2D eigenvalue weighted by Gasteiger charge is -2.30. The van der Waals surface area contributed by atoms with Crippen LogP contribution >= 0.6 is 15.9 Å². The van der Waals surface area contributed by atoms with Crippen molar-refractivity contribution in [3.63, 3.8) is 0 Å². The van der Waals surface area contributed by atoms with Gasteiger partial charge in [-0.1, -0.05) is 0 Å². The van der Waals surface area contributed by atoms with Crippen LogP contribution in [0.15, 0.2) is 22.7 Å².